The first-order valence-electron chi connectivity index (χ1n) is 28.1. The van der Waals surface area contributed by atoms with Crippen LogP contribution in [0.1, 0.15) is 103 Å². The zero-order valence-electron chi connectivity index (χ0n) is 48.7. The zero-order valence-corrected chi connectivity index (χ0v) is 48.7. The van der Waals surface area contributed by atoms with Crippen LogP contribution in [0.3, 0.4) is 0 Å². The molecule has 8 N–H and O–H groups in total. The Bertz CT molecular complexity index is 2620. The Morgan fingerprint density at radius 2 is 1.31 bits per heavy atom. The van der Waals surface area contributed by atoms with Crippen molar-refractivity contribution in [3.05, 3.63) is 28.8 Å². The van der Waals surface area contributed by atoms with Crippen molar-refractivity contribution >= 4 is 34.3 Å². The number of aromatic hydroxyl groups is 2. The molecule has 0 unspecified atom stereocenters. The molecule has 0 aromatic heterocycles. The number of Topliss-reactive ketones (excluding diaryl/α,β-unsaturated/α-hetero) is 2. The molecule has 0 amide bonds. The second-order valence-corrected chi connectivity index (χ2v) is 23.2. The molecule has 5 saturated heterocycles. The van der Waals surface area contributed by atoms with E-state index in [1.807, 2.05) is 0 Å². The summed E-state index contributed by atoms with van der Waals surface area (Å²) in [6.07, 6.45) is -23.3. The smallest absolute Gasteiger partial charge is 0.303 e. The second kappa shape index (κ2) is 26.4. The fourth-order valence-electron chi connectivity index (χ4n) is 12.4. The number of rotatable bonds is 18. The predicted molar refractivity (Wildman–Crippen MR) is 282 cm³/mol. The molecule has 83 heavy (non-hydrogen) atoms. The molecule has 5 aliphatic heterocycles. The lowest BCUT2D eigenvalue weighted by atomic mass is 9.74. The normalized spacial score (nSPS) is 39.7. The first kappa shape index (κ1) is 64.7. The molecule has 0 saturated carbocycles. The highest BCUT2D eigenvalue weighted by Gasteiger charge is 2.53. The highest BCUT2D eigenvalue weighted by Crippen LogP contribution is 2.48. The number of fused-ring (bicyclic) bond motifs is 2. The number of carbonyl (C=O) groups excluding carboxylic acids is 4. The van der Waals surface area contributed by atoms with E-state index >= 15 is 4.79 Å². The molecule has 0 bridgehead atoms. The first-order chi connectivity index (χ1) is 39.0. The number of esters is 2. The molecule has 26 heteroatoms. The molecule has 1 aliphatic carbocycles. The number of benzene rings is 2. The Balaban J connectivity index is 0.995. The summed E-state index contributed by atoms with van der Waals surface area (Å²) in [5, 5.41) is 90.3. The van der Waals surface area contributed by atoms with Crippen molar-refractivity contribution in [2.75, 3.05) is 27.4 Å². The van der Waals surface area contributed by atoms with Crippen molar-refractivity contribution < 1.29 is 126 Å². The van der Waals surface area contributed by atoms with Crippen molar-refractivity contribution in [1.29, 1.82) is 0 Å². The molecular formula is C57H82O26. The van der Waals surface area contributed by atoms with E-state index in [0.29, 0.717) is 0 Å². The van der Waals surface area contributed by atoms with Gasteiger partial charge in [-0.1, -0.05) is 13.8 Å². The minimum Gasteiger partial charge on any atom is -0.507 e. The second-order valence-electron chi connectivity index (χ2n) is 23.2. The van der Waals surface area contributed by atoms with Crippen molar-refractivity contribution in [2.45, 2.75) is 230 Å². The Hall–Kier alpha value is -4.30. The summed E-state index contributed by atoms with van der Waals surface area (Å²) in [7, 11) is 2.65. The fraction of sp³-hybridized carbons (Fsp3) is 0.754. The lowest BCUT2D eigenvalue weighted by Gasteiger charge is -2.47. The average Bonchev–Trinajstić information content (AvgIpc) is 3.40. The maximum Gasteiger partial charge on any atom is 0.303 e. The number of carbonyl (C=O) groups is 4. The van der Waals surface area contributed by atoms with Gasteiger partial charge >= 0.3 is 11.9 Å². The van der Waals surface area contributed by atoms with E-state index in [9.17, 15) is 55.2 Å². The SMILES string of the molecule is CO[C@@H]1[C@H](O)C[C@@H](O[C@@H]2C[C@@H](Oc3cc4cc5c(c(O)c4c(O)c3C)C(=O)[C@@H](O[C@H]3OC[C@@H](O[C@H]4OC[C@@H](O[C@H]6C[C@](C)(O)[C@@H](OC(C)=O)[C@H](C)O6)[C@H](O)[C@H]4C)[C@H](O)[C@H]3C)[C@H]([C@H](OC)C(=O)[C@@H](O)[C@@H](C)O)C5)O[C@H](C)[C@H]2OC(C)=O)O[C@@H]1C. The summed E-state index contributed by atoms with van der Waals surface area (Å²) in [5.41, 5.74) is -1.45. The van der Waals surface area contributed by atoms with Crippen LogP contribution in [0, 0.1) is 24.7 Å². The maximum absolute atomic E-state index is 15.0. The van der Waals surface area contributed by atoms with Gasteiger partial charge in [-0.15, -0.1) is 0 Å². The van der Waals surface area contributed by atoms with Gasteiger partial charge in [0.1, 0.15) is 65.6 Å². The van der Waals surface area contributed by atoms with Gasteiger partial charge in [-0.3, -0.25) is 19.2 Å². The monoisotopic (exact) mass is 1180 g/mol. The van der Waals surface area contributed by atoms with E-state index in [2.05, 4.69) is 0 Å². The van der Waals surface area contributed by atoms with Crippen molar-refractivity contribution in [3.8, 4) is 17.2 Å². The molecule has 6 aliphatic rings. The summed E-state index contributed by atoms with van der Waals surface area (Å²) < 4.78 is 83.7. The molecule has 466 valence electrons. The van der Waals surface area contributed by atoms with Crippen LogP contribution in [0.2, 0.25) is 0 Å². The lowest BCUT2D eigenvalue weighted by molar-refractivity contribution is -0.337. The van der Waals surface area contributed by atoms with Crippen LogP contribution in [0.4, 0.5) is 0 Å². The van der Waals surface area contributed by atoms with Crippen LogP contribution >= 0.6 is 0 Å². The van der Waals surface area contributed by atoms with Gasteiger partial charge in [-0.05, 0) is 71.0 Å². The molecule has 25 atom stereocenters. The highest BCUT2D eigenvalue weighted by atomic mass is 16.8. The van der Waals surface area contributed by atoms with E-state index in [-0.39, 0.29) is 72.1 Å². The molecular weight excluding hydrogens is 1100 g/mol. The summed E-state index contributed by atoms with van der Waals surface area (Å²) in [4.78, 5) is 52.9. The third kappa shape index (κ3) is 13.6. The number of ketones is 2. The standard InChI is InChI=1S/C57H82O26/c1-21-34(79-39-17-35(51(26(6)75-39)77-28(8)59)80-38-16-33(61)50(70-11)25(5)74-38)15-31-13-30-14-32(52(71-12)49(68)46(65)24(4)58)53(48(67)42(30)47(66)41(31)45(21)64)83-56-23(3)44(63)37(20-73-56)82-55-22(2)43(62)36(19-72-55)81-40-18-57(10,69)54(27(7)76-40)78-29(9)60/h13,15,22-27,32-33,35-40,43-44,46,50-56,58,61-66,69H,14,16-20H2,1-12H3/t22-,23-,24-,25-,26-,27+,32+,33-,35-,36-,37-,38-,39-,40+,43-,44-,46+,50+,51-,52+,53+,54+,55-,56-,57+/m1/s1. The Kier molecular flexibility index (Phi) is 20.5. The number of aliphatic hydroxyl groups is 6. The topological polar surface area (TPSA) is 359 Å². The Morgan fingerprint density at radius 1 is 0.735 bits per heavy atom. The number of hydrogen-bond acceptors (Lipinski definition) is 26. The van der Waals surface area contributed by atoms with Crippen LogP contribution < -0.4 is 4.74 Å². The molecule has 2 aromatic carbocycles. The van der Waals surface area contributed by atoms with Crippen LogP contribution in [-0.2, 0) is 82.4 Å². The van der Waals surface area contributed by atoms with Gasteiger partial charge in [-0.25, -0.2) is 0 Å². The van der Waals surface area contributed by atoms with Gasteiger partial charge in [0, 0.05) is 70.6 Å². The van der Waals surface area contributed by atoms with Gasteiger partial charge in [0.2, 0.25) is 6.29 Å². The molecule has 5 heterocycles. The molecule has 8 rings (SSSR count). The largest absolute Gasteiger partial charge is 0.507 e. The number of methoxy groups -OCH3 is 2. The first-order valence-corrected chi connectivity index (χ1v) is 28.1. The minimum atomic E-state index is -1.95. The summed E-state index contributed by atoms with van der Waals surface area (Å²) in [6, 6.07) is 3.04. The zero-order chi connectivity index (χ0) is 60.8. The predicted octanol–water partition coefficient (Wildman–Crippen LogP) is 1.26. The number of hydrogen-bond donors (Lipinski definition) is 8. The van der Waals surface area contributed by atoms with E-state index in [0.717, 1.165) is 0 Å². The Labute approximate surface area is 480 Å². The van der Waals surface area contributed by atoms with Crippen LogP contribution in [0.25, 0.3) is 10.8 Å². The van der Waals surface area contributed by atoms with Crippen LogP contribution in [0.5, 0.6) is 17.2 Å². The number of phenolic OH excluding ortho intramolecular Hbond substituents is 2. The molecule has 5 fully saturated rings. The molecule has 0 spiro atoms. The van der Waals surface area contributed by atoms with Crippen molar-refractivity contribution in [2.24, 2.45) is 17.8 Å². The van der Waals surface area contributed by atoms with E-state index in [1.165, 1.54) is 61.0 Å². The third-order valence-corrected chi connectivity index (χ3v) is 16.8. The van der Waals surface area contributed by atoms with Gasteiger partial charge in [0.05, 0.1) is 66.9 Å². The Morgan fingerprint density at radius 3 is 1.89 bits per heavy atom. The average molecular weight is 1180 g/mol. The van der Waals surface area contributed by atoms with Gasteiger partial charge in [0.15, 0.2) is 48.9 Å². The number of phenols is 2. The quantitative estimate of drug-likeness (QED) is 0.0974. The van der Waals surface area contributed by atoms with E-state index in [1.54, 1.807) is 34.6 Å². The highest BCUT2D eigenvalue weighted by molar-refractivity contribution is 6.11. The number of ether oxygens (including phenoxy) is 14. The summed E-state index contributed by atoms with van der Waals surface area (Å²) in [6.45, 7) is 14.4. The summed E-state index contributed by atoms with van der Waals surface area (Å²) >= 11 is 0. The molecule has 0 radical (unpaired) electrons. The summed E-state index contributed by atoms with van der Waals surface area (Å²) in [5.74, 6) is -6.98. The van der Waals surface area contributed by atoms with Gasteiger partial charge in [-0.2, -0.15) is 0 Å². The van der Waals surface area contributed by atoms with Crippen molar-refractivity contribution in [3.63, 3.8) is 0 Å². The van der Waals surface area contributed by atoms with Gasteiger partial charge < -0.3 is 107 Å². The van der Waals surface area contributed by atoms with Crippen molar-refractivity contribution in [1.82, 2.24) is 0 Å². The lowest BCUT2D eigenvalue weighted by Crippen LogP contribution is -2.59. The van der Waals surface area contributed by atoms with Gasteiger partial charge in [0.25, 0.3) is 0 Å². The van der Waals surface area contributed by atoms with Crippen LogP contribution in [0.15, 0.2) is 12.1 Å². The van der Waals surface area contributed by atoms with E-state index in [4.69, 9.17) is 66.3 Å². The maximum atomic E-state index is 15.0. The molecule has 2 aromatic rings. The number of aliphatic hydroxyl groups excluding tert-OH is 5. The van der Waals surface area contributed by atoms with Crippen LogP contribution in [-0.4, -0.2) is 227 Å². The third-order valence-electron chi connectivity index (χ3n) is 16.8. The minimum absolute atomic E-state index is 0.0216. The van der Waals surface area contributed by atoms with E-state index < -0.39 is 187 Å². The fourth-order valence-corrected chi connectivity index (χ4v) is 12.4. The molecule has 26 nitrogen and oxygen atoms in total.